The molecule has 0 aliphatic carbocycles. The van der Waals surface area contributed by atoms with Crippen LogP contribution in [0.2, 0.25) is 0 Å². The van der Waals surface area contributed by atoms with E-state index in [0.29, 0.717) is 5.56 Å². The smallest absolute Gasteiger partial charge is 0.289 e. The minimum absolute atomic E-state index is 0.0805. The molecule has 0 fully saturated rings. The molecule has 0 radical (unpaired) electrons. The van der Waals surface area contributed by atoms with Crippen LogP contribution in [0.1, 0.15) is 27.0 Å². The molecule has 12 heteroatoms. The molecule has 4 nitrogen and oxygen atoms in total. The quantitative estimate of drug-likeness (QED) is 0.225. The fourth-order valence-corrected chi connectivity index (χ4v) is 4.13. The predicted molar refractivity (Wildman–Crippen MR) is 111 cm³/mol. The van der Waals surface area contributed by atoms with Gasteiger partial charge in [-0.05, 0) is 36.8 Å². The van der Waals surface area contributed by atoms with Crippen molar-refractivity contribution in [2.75, 3.05) is 0 Å². The van der Waals surface area contributed by atoms with Crippen molar-refractivity contribution in [2.24, 2.45) is 0 Å². The van der Waals surface area contributed by atoms with Crippen molar-refractivity contribution in [3.05, 3.63) is 76.7 Å². The van der Waals surface area contributed by atoms with Gasteiger partial charge in [0.15, 0.2) is 42.1 Å². The Labute approximate surface area is 186 Å². The number of alkyl halides is 3. The molecule has 0 atom stereocenters. The van der Waals surface area contributed by atoms with E-state index in [1.54, 1.807) is 6.92 Å². The normalized spacial score (nSPS) is 12.0. The molecule has 0 N–H and O–H groups in total. The molecule has 4 rings (SSSR count). The number of carbonyl (C=O) groups is 1. The van der Waals surface area contributed by atoms with Gasteiger partial charge in [0, 0.05) is 17.3 Å². The molecular weight excluding hydrogens is 476 g/mol. The average Bonchev–Trinajstić information content (AvgIpc) is 3.33. The van der Waals surface area contributed by atoms with Crippen molar-refractivity contribution in [1.29, 1.82) is 0 Å². The standard InChI is InChI=1S/C20H11F6N3OS2/c1-10-6-14(21)17-15(7-10)29(32-26)19(27-17)16-8-11(9-28(16)31-25)18(30)12-4-2-3-5-13(12)20(22,23)24/h2-9H,1H3. The number of imidazole rings is 1. The third kappa shape index (κ3) is 3.77. The Balaban J connectivity index is 1.88. The predicted octanol–water partition coefficient (Wildman–Crippen LogP) is 6.96. The second kappa shape index (κ2) is 8.24. The molecule has 2 aromatic carbocycles. The van der Waals surface area contributed by atoms with Crippen molar-refractivity contribution in [3.63, 3.8) is 0 Å². The molecule has 166 valence electrons. The van der Waals surface area contributed by atoms with Crippen molar-refractivity contribution >= 4 is 41.5 Å². The van der Waals surface area contributed by atoms with E-state index in [1.807, 2.05) is 0 Å². The lowest BCUT2D eigenvalue weighted by Gasteiger charge is -2.10. The maximum atomic E-state index is 14.3. The van der Waals surface area contributed by atoms with Crippen LogP contribution < -0.4 is 0 Å². The maximum absolute atomic E-state index is 14.3. The maximum Gasteiger partial charge on any atom is 0.417 e. The third-order valence-corrected chi connectivity index (χ3v) is 5.67. The first-order valence-electron chi connectivity index (χ1n) is 8.86. The van der Waals surface area contributed by atoms with E-state index in [4.69, 9.17) is 0 Å². The molecule has 0 amide bonds. The Morgan fingerprint density at radius 3 is 2.44 bits per heavy atom. The van der Waals surface area contributed by atoms with Gasteiger partial charge in [-0.25, -0.2) is 13.3 Å². The number of benzene rings is 2. The lowest BCUT2D eigenvalue weighted by molar-refractivity contribution is -0.137. The van der Waals surface area contributed by atoms with E-state index in [1.165, 1.54) is 18.2 Å². The largest absolute Gasteiger partial charge is 0.417 e. The van der Waals surface area contributed by atoms with Gasteiger partial charge in [-0.2, -0.15) is 13.2 Å². The van der Waals surface area contributed by atoms with Crippen molar-refractivity contribution < 1.29 is 30.1 Å². The summed E-state index contributed by atoms with van der Waals surface area (Å²) in [6.07, 6.45) is -3.80. The fraction of sp³-hybridized carbons (Fsp3) is 0.100. The summed E-state index contributed by atoms with van der Waals surface area (Å²) in [5.41, 5.74) is -1.78. The van der Waals surface area contributed by atoms with Crippen LogP contribution in [0.25, 0.3) is 22.6 Å². The molecule has 4 aromatic rings. The van der Waals surface area contributed by atoms with Crippen molar-refractivity contribution in [1.82, 2.24) is 12.9 Å². The summed E-state index contributed by atoms with van der Waals surface area (Å²) < 4.78 is 83.4. The lowest BCUT2D eigenvalue weighted by atomic mass is 9.99. The second-order valence-corrected chi connectivity index (χ2v) is 7.83. The van der Waals surface area contributed by atoms with Crippen LogP contribution in [-0.4, -0.2) is 18.7 Å². The highest BCUT2D eigenvalue weighted by Crippen LogP contribution is 2.36. The highest BCUT2D eigenvalue weighted by Gasteiger charge is 2.35. The van der Waals surface area contributed by atoms with E-state index in [0.717, 1.165) is 38.4 Å². The van der Waals surface area contributed by atoms with Gasteiger partial charge in [-0.1, -0.05) is 18.2 Å². The Morgan fingerprint density at radius 1 is 1.06 bits per heavy atom. The Bertz CT molecular complexity index is 1350. The van der Waals surface area contributed by atoms with E-state index in [2.05, 4.69) is 4.98 Å². The molecular formula is C20H11F6N3OS2. The van der Waals surface area contributed by atoms with Crippen LogP contribution in [0, 0.1) is 12.7 Å². The number of halogens is 6. The van der Waals surface area contributed by atoms with Crippen molar-refractivity contribution in [2.45, 2.75) is 13.1 Å². The first kappa shape index (κ1) is 22.3. The molecule has 0 bridgehead atoms. The summed E-state index contributed by atoms with van der Waals surface area (Å²) in [4.78, 5) is 16.9. The van der Waals surface area contributed by atoms with Gasteiger partial charge < -0.3 is 0 Å². The summed E-state index contributed by atoms with van der Waals surface area (Å²) in [6.45, 7) is 1.59. The van der Waals surface area contributed by atoms with Gasteiger partial charge in [0.25, 0.3) is 0 Å². The van der Waals surface area contributed by atoms with Crippen LogP contribution in [0.4, 0.5) is 25.3 Å². The first-order chi connectivity index (χ1) is 15.2. The second-order valence-electron chi connectivity index (χ2n) is 6.79. The molecule has 0 saturated carbocycles. The molecule has 2 heterocycles. The van der Waals surface area contributed by atoms with Crippen LogP contribution in [-0.2, 0) is 6.18 Å². The summed E-state index contributed by atoms with van der Waals surface area (Å²) in [5, 5.41) is 0. The van der Waals surface area contributed by atoms with E-state index >= 15 is 0 Å². The zero-order valence-corrected chi connectivity index (χ0v) is 17.6. The number of hydrogen-bond acceptors (Lipinski definition) is 4. The van der Waals surface area contributed by atoms with Crippen LogP contribution >= 0.6 is 24.7 Å². The van der Waals surface area contributed by atoms with E-state index in [9.17, 15) is 30.1 Å². The SMILES string of the molecule is Cc1cc(F)c2nc(-c3cc(C(=O)c4ccccc4C(F)(F)F)cn3SF)n(SF)c2c1. The lowest BCUT2D eigenvalue weighted by Crippen LogP contribution is -2.13. The molecule has 0 aliphatic rings. The summed E-state index contributed by atoms with van der Waals surface area (Å²) in [7, 11) is 0. The number of nitrogens with zero attached hydrogens (tertiary/aromatic N) is 3. The van der Waals surface area contributed by atoms with Gasteiger partial charge in [0.05, 0.1) is 16.8 Å². The van der Waals surface area contributed by atoms with E-state index in [-0.39, 0.29) is 52.8 Å². The Morgan fingerprint density at radius 2 is 1.78 bits per heavy atom. The zero-order chi connectivity index (χ0) is 23.2. The summed E-state index contributed by atoms with van der Waals surface area (Å²) >= 11 is -0.675. The highest BCUT2D eigenvalue weighted by molar-refractivity contribution is 7.93. The minimum Gasteiger partial charge on any atom is -0.289 e. The fourth-order valence-electron chi connectivity index (χ4n) is 3.35. The van der Waals surface area contributed by atoms with Crippen molar-refractivity contribution in [3.8, 4) is 11.5 Å². The van der Waals surface area contributed by atoms with Crippen LogP contribution in [0.15, 0.2) is 48.7 Å². The van der Waals surface area contributed by atoms with Gasteiger partial charge in [0.2, 0.25) is 0 Å². The number of carbonyl (C=O) groups excluding carboxylic acids is 1. The van der Waals surface area contributed by atoms with Gasteiger partial charge in [-0.3, -0.25) is 8.77 Å². The van der Waals surface area contributed by atoms with Gasteiger partial charge in [-0.15, -0.1) is 7.77 Å². The number of rotatable bonds is 5. The summed E-state index contributed by atoms with van der Waals surface area (Å²) in [6, 6.07) is 7.94. The number of aromatic nitrogens is 3. The van der Waals surface area contributed by atoms with Crippen LogP contribution in [0.5, 0.6) is 0 Å². The first-order valence-corrected chi connectivity index (χ1v) is 10.2. The Kier molecular flexibility index (Phi) is 5.76. The average molecular weight is 487 g/mol. The minimum atomic E-state index is -4.78. The molecule has 32 heavy (non-hydrogen) atoms. The summed E-state index contributed by atoms with van der Waals surface area (Å²) in [5.74, 6) is -1.95. The Hall–Kier alpha value is -2.86. The molecule has 0 aliphatic heterocycles. The monoisotopic (exact) mass is 487 g/mol. The van der Waals surface area contributed by atoms with E-state index < -0.39 is 28.9 Å². The molecule has 0 unspecified atom stereocenters. The van der Waals surface area contributed by atoms with Gasteiger partial charge in [0.1, 0.15) is 5.52 Å². The number of ketones is 1. The molecule has 2 aromatic heterocycles. The van der Waals surface area contributed by atoms with Crippen LogP contribution in [0.3, 0.4) is 0 Å². The third-order valence-electron chi connectivity index (χ3n) is 4.71. The zero-order valence-electron chi connectivity index (χ0n) is 16.0. The topological polar surface area (TPSA) is 39.8 Å². The number of aryl methyl sites for hydroxylation is 1. The molecule has 0 spiro atoms. The molecule has 0 saturated heterocycles. The number of fused-ring (bicyclic) bond motifs is 1. The highest BCUT2D eigenvalue weighted by atomic mass is 32.2. The number of hydrogen-bond donors (Lipinski definition) is 0. The van der Waals surface area contributed by atoms with Gasteiger partial charge >= 0.3 is 6.18 Å².